The number of fused-ring (bicyclic) bond motifs is 1. The molecule has 5 nitrogen and oxygen atoms in total. The molecule has 1 fully saturated rings. The molecule has 4 rings (SSSR count). The summed E-state index contributed by atoms with van der Waals surface area (Å²) < 4.78 is 28.6. The van der Waals surface area contributed by atoms with Crippen LogP contribution in [0, 0.1) is 19.8 Å². The van der Waals surface area contributed by atoms with E-state index in [4.69, 9.17) is 0 Å². The summed E-state index contributed by atoms with van der Waals surface area (Å²) in [5.41, 5.74) is 5.05. The number of nitrogens with zero attached hydrogens (tertiary/aromatic N) is 1. The van der Waals surface area contributed by atoms with Crippen LogP contribution in [-0.2, 0) is 21.2 Å². The van der Waals surface area contributed by atoms with E-state index < -0.39 is 10.0 Å². The fraction of sp³-hybridized carbons (Fsp3) is 0.409. The molecular weight excluding hydrogens is 372 g/mol. The number of rotatable bonds is 5. The van der Waals surface area contributed by atoms with Gasteiger partial charge in [-0.15, -0.1) is 0 Å². The second-order valence-corrected chi connectivity index (χ2v) is 9.71. The van der Waals surface area contributed by atoms with Crippen molar-refractivity contribution in [3.05, 3.63) is 58.7 Å². The molecule has 1 N–H and O–H groups in total. The van der Waals surface area contributed by atoms with Gasteiger partial charge < -0.3 is 4.90 Å². The molecule has 0 aromatic heterocycles. The molecule has 1 heterocycles. The molecule has 2 aromatic rings. The predicted octanol–water partition coefficient (Wildman–Crippen LogP) is 3.64. The zero-order valence-electron chi connectivity index (χ0n) is 16.5. The second-order valence-electron chi connectivity index (χ2n) is 7.99. The van der Waals surface area contributed by atoms with Crippen LogP contribution in [0.25, 0.3) is 0 Å². The van der Waals surface area contributed by atoms with Gasteiger partial charge in [0.1, 0.15) is 0 Å². The van der Waals surface area contributed by atoms with Crippen molar-refractivity contribution >= 4 is 21.6 Å². The van der Waals surface area contributed by atoms with Gasteiger partial charge in [-0.05, 0) is 80.5 Å². The number of sulfonamides is 1. The van der Waals surface area contributed by atoms with Gasteiger partial charge in [-0.2, -0.15) is 0 Å². The number of aryl methyl sites for hydroxylation is 2. The van der Waals surface area contributed by atoms with Crippen molar-refractivity contribution in [2.75, 3.05) is 11.4 Å². The average Bonchev–Trinajstić information content (AvgIpc) is 3.42. The number of hydrogen-bond acceptors (Lipinski definition) is 3. The number of nitrogens with one attached hydrogen (secondary N) is 1. The van der Waals surface area contributed by atoms with E-state index in [0.29, 0.717) is 13.0 Å². The number of anilines is 1. The molecule has 1 aliphatic carbocycles. The van der Waals surface area contributed by atoms with Crippen molar-refractivity contribution in [2.24, 2.45) is 5.92 Å². The van der Waals surface area contributed by atoms with Gasteiger partial charge in [0.15, 0.2) is 0 Å². The Morgan fingerprint density at radius 1 is 1.11 bits per heavy atom. The molecule has 2 aliphatic rings. The van der Waals surface area contributed by atoms with E-state index in [0.717, 1.165) is 35.2 Å². The van der Waals surface area contributed by atoms with Gasteiger partial charge in [0, 0.05) is 24.2 Å². The first-order valence-electron chi connectivity index (χ1n) is 9.80. The minimum absolute atomic E-state index is 0.162. The number of amides is 1. The molecule has 1 saturated carbocycles. The monoisotopic (exact) mass is 398 g/mol. The van der Waals surface area contributed by atoms with Crippen molar-refractivity contribution in [3.8, 4) is 0 Å². The average molecular weight is 399 g/mol. The Labute approximate surface area is 166 Å². The van der Waals surface area contributed by atoms with Crippen molar-refractivity contribution in [1.82, 2.24) is 4.72 Å². The SMILES string of the molecule is Cc1ccc(C(C)NS(=O)(=O)c2ccc3c(c2)CCN3C(=O)C2CC2)cc1C. The molecule has 0 bridgehead atoms. The first kappa shape index (κ1) is 19.2. The van der Waals surface area contributed by atoms with Crippen molar-refractivity contribution in [1.29, 1.82) is 0 Å². The molecular formula is C22H26N2O3S. The van der Waals surface area contributed by atoms with E-state index in [1.54, 1.807) is 18.2 Å². The van der Waals surface area contributed by atoms with Gasteiger partial charge in [0.25, 0.3) is 0 Å². The maximum Gasteiger partial charge on any atom is 0.241 e. The third-order valence-electron chi connectivity index (χ3n) is 5.81. The van der Waals surface area contributed by atoms with E-state index in [1.165, 1.54) is 5.56 Å². The summed E-state index contributed by atoms with van der Waals surface area (Å²) in [5, 5.41) is 0. The number of benzene rings is 2. The van der Waals surface area contributed by atoms with Gasteiger partial charge in [-0.3, -0.25) is 4.79 Å². The minimum atomic E-state index is -3.65. The smallest absolute Gasteiger partial charge is 0.241 e. The standard InChI is InChI=1S/C22H26N2O3S/c1-14-4-5-18(12-15(14)2)16(3)23-28(26,27)20-8-9-21-19(13-20)10-11-24(21)22(25)17-6-7-17/h4-5,8-9,12-13,16-17,23H,6-7,10-11H2,1-3H3. The molecule has 0 saturated heterocycles. The Balaban J connectivity index is 1.54. The van der Waals surface area contributed by atoms with E-state index in [2.05, 4.69) is 4.72 Å². The Morgan fingerprint density at radius 2 is 1.86 bits per heavy atom. The van der Waals surface area contributed by atoms with E-state index in [9.17, 15) is 13.2 Å². The highest BCUT2D eigenvalue weighted by Crippen LogP contribution is 2.37. The van der Waals surface area contributed by atoms with Crippen LogP contribution in [0.4, 0.5) is 5.69 Å². The predicted molar refractivity (Wildman–Crippen MR) is 110 cm³/mol. The number of carbonyl (C=O) groups excluding carboxylic acids is 1. The van der Waals surface area contributed by atoms with Crippen LogP contribution < -0.4 is 9.62 Å². The molecule has 0 radical (unpaired) electrons. The summed E-state index contributed by atoms with van der Waals surface area (Å²) in [6, 6.07) is 10.8. The molecule has 1 aliphatic heterocycles. The van der Waals surface area contributed by atoms with Crippen molar-refractivity contribution in [2.45, 2.75) is 51.0 Å². The Hall–Kier alpha value is -2.18. The van der Waals surface area contributed by atoms with Gasteiger partial charge >= 0.3 is 0 Å². The molecule has 0 spiro atoms. The van der Waals surface area contributed by atoms with Crippen molar-refractivity contribution in [3.63, 3.8) is 0 Å². The maximum absolute atomic E-state index is 12.9. The van der Waals surface area contributed by atoms with Crippen LogP contribution >= 0.6 is 0 Å². The van der Waals surface area contributed by atoms with Crippen LogP contribution in [0.1, 0.15) is 48.1 Å². The highest BCUT2D eigenvalue weighted by atomic mass is 32.2. The maximum atomic E-state index is 12.9. The minimum Gasteiger partial charge on any atom is -0.312 e. The molecule has 148 valence electrons. The highest BCUT2D eigenvalue weighted by molar-refractivity contribution is 7.89. The lowest BCUT2D eigenvalue weighted by Gasteiger charge is -2.18. The van der Waals surface area contributed by atoms with Gasteiger partial charge in [0.05, 0.1) is 4.90 Å². The zero-order valence-corrected chi connectivity index (χ0v) is 17.3. The zero-order chi connectivity index (χ0) is 20.1. The highest BCUT2D eigenvalue weighted by Gasteiger charge is 2.36. The lowest BCUT2D eigenvalue weighted by Crippen LogP contribution is -2.30. The number of hydrogen-bond donors (Lipinski definition) is 1. The van der Waals surface area contributed by atoms with Crippen LogP contribution in [0.15, 0.2) is 41.3 Å². The van der Waals surface area contributed by atoms with Gasteiger partial charge in [-0.25, -0.2) is 13.1 Å². The summed E-state index contributed by atoms with van der Waals surface area (Å²) in [6.07, 6.45) is 2.64. The first-order chi connectivity index (χ1) is 13.3. The van der Waals surface area contributed by atoms with Gasteiger partial charge in [0.2, 0.25) is 15.9 Å². The topological polar surface area (TPSA) is 66.5 Å². The summed E-state index contributed by atoms with van der Waals surface area (Å²) in [6.45, 7) is 6.55. The lowest BCUT2D eigenvalue weighted by atomic mass is 10.0. The molecule has 1 unspecified atom stereocenters. The van der Waals surface area contributed by atoms with E-state index >= 15 is 0 Å². The summed E-state index contributed by atoms with van der Waals surface area (Å²) in [4.78, 5) is 14.5. The first-order valence-corrected chi connectivity index (χ1v) is 11.3. The third-order valence-corrected chi connectivity index (χ3v) is 7.35. The third kappa shape index (κ3) is 3.59. The van der Waals surface area contributed by atoms with Gasteiger partial charge in [-0.1, -0.05) is 18.2 Å². The summed E-state index contributed by atoms with van der Waals surface area (Å²) in [5.74, 6) is 0.339. The molecule has 6 heteroatoms. The molecule has 28 heavy (non-hydrogen) atoms. The van der Waals surface area contributed by atoms with Crippen molar-refractivity contribution < 1.29 is 13.2 Å². The summed E-state index contributed by atoms with van der Waals surface area (Å²) >= 11 is 0. The fourth-order valence-corrected chi connectivity index (χ4v) is 5.01. The second kappa shape index (κ2) is 7.01. The lowest BCUT2D eigenvalue weighted by molar-refractivity contribution is -0.119. The Morgan fingerprint density at radius 3 is 2.54 bits per heavy atom. The quantitative estimate of drug-likeness (QED) is 0.836. The van der Waals surface area contributed by atoms with Crippen LogP contribution in [0.5, 0.6) is 0 Å². The van der Waals surface area contributed by atoms with Crippen LogP contribution in [0.3, 0.4) is 0 Å². The van der Waals surface area contributed by atoms with E-state index in [-0.39, 0.29) is 22.8 Å². The normalized spacial score (nSPS) is 17.5. The molecule has 2 aromatic carbocycles. The van der Waals surface area contributed by atoms with Crippen LogP contribution in [-0.4, -0.2) is 20.9 Å². The Bertz CT molecular complexity index is 1040. The Kier molecular flexibility index (Phi) is 4.79. The molecule has 1 atom stereocenters. The fourth-order valence-electron chi connectivity index (χ4n) is 3.73. The van der Waals surface area contributed by atoms with Crippen LogP contribution in [0.2, 0.25) is 0 Å². The van der Waals surface area contributed by atoms with E-state index in [1.807, 2.05) is 43.9 Å². The summed E-state index contributed by atoms with van der Waals surface area (Å²) in [7, 11) is -3.65. The number of carbonyl (C=O) groups is 1. The largest absolute Gasteiger partial charge is 0.312 e. The molecule has 1 amide bonds.